The van der Waals surface area contributed by atoms with Crippen molar-refractivity contribution >= 4 is 5.78 Å². The molecule has 0 unspecified atom stereocenters. The summed E-state index contributed by atoms with van der Waals surface area (Å²) >= 11 is 0. The molecule has 1 aliphatic heterocycles. The molecule has 3 nitrogen and oxygen atoms in total. The second kappa shape index (κ2) is 7.03. The summed E-state index contributed by atoms with van der Waals surface area (Å²) < 4.78 is 2.28. The molecule has 26 heavy (non-hydrogen) atoms. The number of carbonyl (C=O) groups excluding carboxylic acids is 1. The van der Waals surface area contributed by atoms with Gasteiger partial charge in [-0.3, -0.25) is 4.79 Å². The SMILES string of the molecule is CCc1c2c(n(C)c1C)C[C@@H]1CCN(CCc3ccccc3)C[C@H]1C2=O. The van der Waals surface area contributed by atoms with Gasteiger partial charge in [-0.25, -0.2) is 0 Å². The van der Waals surface area contributed by atoms with Gasteiger partial charge in [0, 0.05) is 43.0 Å². The third-order valence-electron chi connectivity index (χ3n) is 6.73. The van der Waals surface area contributed by atoms with Gasteiger partial charge in [0.25, 0.3) is 0 Å². The molecule has 1 aliphatic carbocycles. The van der Waals surface area contributed by atoms with Crippen LogP contribution in [0.25, 0.3) is 0 Å². The zero-order chi connectivity index (χ0) is 18.3. The highest BCUT2D eigenvalue weighted by Gasteiger charge is 2.41. The van der Waals surface area contributed by atoms with Crippen LogP contribution in [0.15, 0.2) is 30.3 Å². The van der Waals surface area contributed by atoms with E-state index in [9.17, 15) is 4.79 Å². The van der Waals surface area contributed by atoms with Crippen LogP contribution in [0, 0.1) is 18.8 Å². The number of nitrogens with zero attached hydrogens (tertiary/aromatic N) is 2. The van der Waals surface area contributed by atoms with E-state index >= 15 is 0 Å². The minimum Gasteiger partial charge on any atom is -0.351 e. The molecule has 1 fully saturated rings. The summed E-state index contributed by atoms with van der Waals surface area (Å²) in [5, 5.41) is 0. The Morgan fingerprint density at radius 1 is 1.19 bits per heavy atom. The van der Waals surface area contributed by atoms with Crippen molar-refractivity contribution in [1.82, 2.24) is 9.47 Å². The first-order valence-corrected chi connectivity index (χ1v) is 10.1. The Hall–Kier alpha value is -1.87. The Kier molecular flexibility index (Phi) is 4.74. The maximum absolute atomic E-state index is 13.4. The van der Waals surface area contributed by atoms with Gasteiger partial charge in [-0.1, -0.05) is 37.3 Å². The Morgan fingerprint density at radius 3 is 2.69 bits per heavy atom. The van der Waals surface area contributed by atoms with Crippen LogP contribution in [0.4, 0.5) is 0 Å². The lowest BCUT2D eigenvalue weighted by atomic mass is 9.72. The number of Topliss-reactive ketones (excluding diaryl/α,β-unsaturated/α-hetero) is 1. The molecule has 0 bridgehead atoms. The summed E-state index contributed by atoms with van der Waals surface area (Å²) in [5.74, 6) is 1.14. The van der Waals surface area contributed by atoms with E-state index in [2.05, 4.69) is 60.7 Å². The largest absolute Gasteiger partial charge is 0.351 e. The lowest BCUT2D eigenvalue weighted by Gasteiger charge is -2.40. The van der Waals surface area contributed by atoms with Crippen molar-refractivity contribution in [3.63, 3.8) is 0 Å². The predicted octanol–water partition coefficient (Wildman–Crippen LogP) is 3.82. The molecule has 2 aliphatic rings. The molecule has 3 heteroatoms. The zero-order valence-corrected chi connectivity index (χ0v) is 16.3. The molecule has 2 atom stereocenters. The number of piperidine rings is 1. The van der Waals surface area contributed by atoms with E-state index in [0.717, 1.165) is 50.9 Å². The van der Waals surface area contributed by atoms with Gasteiger partial charge in [0.15, 0.2) is 5.78 Å². The summed E-state index contributed by atoms with van der Waals surface area (Å²) in [6.07, 6.45) is 4.25. The smallest absolute Gasteiger partial charge is 0.169 e. The number of likely N-dealkylation sites (tertiary alicyclic amines) is 1. The highest BCUT2D eigenvalue weighted by molar-refractivity contribution is 6.02. The molecular weight excluding hydrogens is 320 g/mol. The fourth-order valence-electron chi connectivity index (χ4n) is 5.07. The van der Waals surface area contributed by atoms with Gasteiger partial charge in [0.2, 0.25) is 0 Å². The third kappa shape index (κ3) is 2.92. The van der Waals surface area contributed by atoms with E-state index in [1.807, 2.05) is 0 Å². The van der Waals surface area contributed by atoms with Crippen molar-refractivity contribution in [1.29, 1.82) is 0 Å². The molecule has 0 spiro atoms. The summed E-state index contributed by atoms with van der Waals surface area (Å²) in [6.45, 7) is 7.46. The molecule has 1 aromatic carbocycles. The van der Waals surface area contributed by atoms with Gasteiger partial charge in [-0.2, -0.15) is 0 Å². The number of rotatable bonds is 4. The Bertz CT molecular complexity index is 805. The van der Waals surface area contributed by atoms with Gasteiger partial charge in [-0.05, 0) is 56.2 Å². The lowest BCUT2D eigenvalue weighted by Crippen LogP contribution is -2.47. The van der Waals surface area contributed by atoms with Crippen LogP contribution in [0.5, 0.6) is 0 Å². The Labute approximate surface area is 157 Å². The number of ketones is 1. The quantitative estimate of drug-likeness (QED) is 0.838. The van der Waals surface area contributed by atoms with Crippen LogP contribution in [0.3, 0.4) is 0 Å². The molecule has 1 saturated heterocycles. The number of hydrogen-bond donors (Lipinski definition) is 0. The monoisotopic (exact) mass is 350 g/mol. The highest BCUT2D eigenvalue weighted by atomic mass is 16.1. The fraction of sp³-hybridized carbons (Fsp3) is 0.522. The number of fused-ring (bicyclic) bond motifs is 2. The lowest BCUT2D eigenvalue weighted by molar-refractivity contribution is 0.0660. The van der Waals surface area contributed by atoms with E-state index in [4.69, 9.17) is 0 Å². The summed E-state index contributed by atoms with van der Waals surface area (Å²) in [4.78, 5) is 15.9. The molecular formula is C23H30N2O. The first-order chi connectivity index (χ1) is 12.6. The molecule has 2 heterocycles. The van der Waals surface area contributed by atoms with Gasteiger partial charge in [0.1, 0.15) is 0 Å². The number of aromatic nitrogens is 1. The second-order valence-electron chi connectivity index (χ2n) is 8.06. The summed E-state index contributed by atoms with van der Waals surface area (Å²) in [6, 6.07) is 10.7. The maximum Gasteiger partial charge on any atom is 0.169 e. The molecule has 1 aromatic heterocycles. The van der Waals surface area contributed by atoms with E-state index in [1.165, 1.54) is 22.5 Å². The Morgan fingerprint density at radius 2 is 1.96 bits per heavy atom. The van der Waals surface area contributed by atoms with Crippen molar-refractivity contribution in [3.8, 4) is 0 Å². The molecule has 4 rings (SSSR count). The van der Waals surface area contributed by atoms with Gasteiger partial charge in [-0.15, -0.1) is 0 Å². The molecule has 0 N–H and O–H groups in total. The third-order valence-corrected chi connectivity index (χ3v) is 6.73. The van der Waals surface area contributed by atoms with Crippen LogP contribution in [0.1, 0.15) is 46.2 Å². The minimum absolute atomic E-state index is 0.194. The molecule has 0 amide bonds. The minimum atomic E-state index is 0.194. The highest BCUT2D eigenvalue weighted by Crippen LogP contribution is 2.39. The normalized spacial score (nSPS) is 23.0. The number of carbonyl (C=O) groups is 1. The Balaban J connectivity index is 1.51. The van der Waals surface area contributed by atoms with Crippen molar-refractivity contribution in [2.24, 2.45) is 18.9 Å². The standard InChI is InChI=1S/C23H30N2O/c1-4-19-16(2)24(3)21-14-18-11-13-25(15-20(18)23(26)22(19)21)12-10-17-8-6-5-7-9-17/h5-9,18,20H,4,10-15H2,1-3H3/t18-,20+/m0/s1. The second-order valence-corrected chi connectivity index (χ2v) is 8.06. The van der Waals surface area contributed by atoms with Crippen LogP contribution >= 0.6 is 0 Å². The first kappa shape index (κ1) is 17.5. The van der Waals surface area contributed by atoms with Crippen LogP contribution in [-0.4, -0.2) is 34.9 Å². The maximum atomic E-state index is 13.4. The number of hydrogen-bond acceptors (Lipinski definition) is 2. The van der Waals surface area contributed by atoms with E-state index in [0.29, 0.717) is 11.7 Å². The van der Waals surface area contributed by atoms with Crippen molar-refractivity contribution in [2.75, 3.05) is 19.6 Å². The van der Waals surface area contributed by atoms with Crippen LogP contribution in [0.2, 0.25) is 0 Å². The van der Waals surface area contributed by atoms with E-state index in [-0.39, 0.29) is 5.92 Å². The molecule has 0 saturated carbocycles. The van der Waals surface area contributed by atoms with Gasteiger partial charge < -0.3 is 9.47 Å². The first-order valence-electron chi connectivity index (χ1n) is 10.1. The van der Waals surface area contributed by atoms with Crippen molar-refractivity contribution < 1.29 is 4.79 Å². The average Bonchev–Trinajstić information content (AvgIpc) is 2.92. The molecule has 138 valence electrons. The van der Waals surface area contributed by atoms with Crippen LogP contribution in [-0.2, 0) is 26.3 Å². The molecule has 0 radical (unpaired) electrons. The number of benzene rings is 1. The van der Waals surface area contributed by atoms with Gasteiger partial charge in [0.05, 0.1) is 0 Å². The fourth-order valence-corrected chi connectivity index (χ4v) is 5.07. The van der Waals surface area contributed by atoms with Crippen molar-refractivity contribution in [3.05, 3.63) is 58.4 Å². The van der Waals surface area contributed by atoms with Crippen LogP contribution < -0.4 is 0 Å². The zero-order valence-electron chi connectivity index (χ0n) is 16.3. The molecule has 2 aromatic rings. The summed E-state index contributed by atoms with van der Waals surface area (Å²) in [7, 11) is 2.13. The topological polar surface area (TPSA) is 25.2 Å². The van der Waals surface area contributed by atoms with E-state index < -0.39 is 0 Å². The average molecular weight is 351 g/mol. The van der Waals surface area contributed by atoms with Crippen molar-refractivity contribution in [2.45, 2.75) is 39.5 Å². The predicted molar refractivity (Wildman–Crippen MR) is 106 cm³/mol. The van der Waals surface area contributed by atoms with E-state index in [1.54, 1.807) is 0 Å². The summed E-state index contributed by atoms with van der Waals surface area (Å²) in [5.41, 5.74) is 6.32. The van der Waals surface area contributed by atoms with Gasteiger partial charge >= 0.3 is 0 Å².